The van der Waals surface area contributed by atoms with Gasteiger partial charge in [-0.1, -0.05) is 6.42 Å². The highest BCUT2D eigenvalue weighted by atomic mass is 32.2. The first-order valence-corrected chi connectivity index (χ1v) is 7.52. The second-order valence-corrected chi connectivity index (χ2v) is 7.60. The lowest BCUT2D eigenvalue weighted by molar-refractivity contribution is -0.141. The fourth-order valence-corrected chi connectivity index (χ4v) is 3.48. The SMILES string of the molecule is CC(C)(C)NS(=O)(=O)NCC1(CC(=O)O)CCC1. The number of aliphatic carboxylic acids is 1. The fraction of sp³-hybridized carbons (Fsp3) is 0.909. The number of carbonyl (C=O) groups is 1. The Hall–Kier alpha value is -0.660. The van der Waals surface area contributed by atoms with E-state index in [1.54, 1.807) is 20.8 Å². The highest BCUT2D eigenvalue weighted by Gasteiger charge is 2.39. The maximum atomic E-state index is 11.7. The molecule has 0 amide bonds. The molecule has 0 aromatic carbocycles. The van der Waals surface area contributed by atoms with Crippen LogP contribution in [0.25, 0.3) is 0 Å². The van der Waals surface area contributed by atoms with Crippen molar-refractivity contribution in [3.63, 3.8) is 0 Å². The number of nitrogens with one attached hydrogen (secondary N) is 2. The minimum Gasteiger partial charge on any atom is -0.481 e. The van der Waals surface area contributed by atoms with Crippen molar-refractivity contribution in [3.05, 3.63) is 0 Å². The van der Waals surface area contributed by atoms with E-state index in [2.05, 4.69) is 9.44 Å². The summed E-state index contributed by atoms with van der Waals surface area (Å²) in [6.45, 7) is 5.44. The molecular weight excluding hydrogens is 256 g/mol. The van der Waals surface area contributed by atoms with E-state index in [9.17, 15) is 13.2 Å². The molecule has 6 nitrogen and oxygen atoms in total. The standard InChI is InChI=1S/C11H22N2O4S/c1-10(2,3)13-18(16,17)12-8-11(5-4-6-11)7-9(14)15/h12-13H,4-8H2,1-3H3,(H,14,15). The lowest BCUT2D eigenvalue weighted by Crippen LogP contribution is -2.51. The van der Waals surface area contributed by atoms with Gasteiger partial charge in [0.2, 0.25) is 0 Å². The summed E-state index contributed by atoms with van der Waals surface area (Å²) in [5.41, 5.74) is -0.954. The number of carboxylic acid groups (broad SMARTS) is 1. The number of hydrogen-bond acceptors (Lipinski definition) is 3. The van der Waals surface area contributed by atoms with Gasteiger partial charge in [0.15, 0.2) is 0 Å². The molecule has 0 aromatic heterocycles. The van der Waals surface area contributed by atoms with E-state index in [1.807, 2.05) is 0 Å². The van der Waals surface area contributed by atoms with Gasteiger partial charge in [-0.2, -0.15) is 13.1 Å². The summed E-state index contributed by atoms with van der Waals surface area (Å²) in [5, 5.41) is 8.84. The Balaban J connectivity index is 2.55. The van der Waals surface area contributed by atoms with Crippen LogP contribution in [-0.2, 0) is 15.0 Å². The summed E-state index contributed by atoms with van der Waals surface area (Å²) in [7, 11) is -3.58. The monoisotopic (exact) mass is 278 g/mol. The van der Waals surface area contributed by atoms with Crippen molar-refractivity contribution in [2.45, 2.75) is 52.0 Å². The Morgan fingerprint density at radius 2 is 1.89 bits per heavy atom. The molecule has 0 radical (unpaired) electrons. The first-order valence-electron chi connectivity index (χ1n) is 6.04. The Bertz CT molecular complexity index is 407. The molecule has 7 heteroatoms. The summed E-state index contributed by atoms with van der Waals surface area (Å²) < 4.78 is 28.4. The molecule has 0 heterocycles. The van der Waals surface area contributed by atoms with Crippen molar-refractivity contribution in [3.8, 4) is 0 Å². The molecule has 0 spiro atoms. The molecule has 0 atom stereocenters. The number of hydrogen-bond donors (Lipinski definition) is 3. The Labute approximate surface area is 108 Å². The van der Waals surface area contributed by atoms with Crippen LogP contribution in [0.2, 0.25) is 0 Å². The van der Waals surface area contributed by atoms with Gasteiger partial charge in [0.05, 0.1) is 6.42 Å². The molecule has 1 saturated carbocycles. The summed E-state index contributed by atoms with van der Waals surface area (Å²) >= 11 is 0. The molecule has 0 bridgehead atoms. The number of carboxylic acids is 1. The summed E-state index contributed by atoms with van der Waals surface area (Å²) in [5.74, 6) is -0.877. The third-order valence-corrected chi connectivity index (χ3v) is 4.42. The van der Waals surface area contributed by atoms with Crippen LogP contribution in [0.3, 0.4) is 0 Å². The third-order valence-electron chi connectivity index (χ3n) is 3.02. The first-order chi connectivity index (χ1) is 8.04. The highest BCUT2D eigenvalue weighted by molar-refractivity contribution is 7.87. The fourth-order valence-electron chi connectivity index (χ4n) is 2.10. The predicted octanol–water partition coefficient (Wildman–Crippen LogP) is 0.854. The van der Waals surface area contributed by atoms with Gasteiger partial charge in [0.25, 0.3) is 10.2 Å². The molecule has 106 valence electrons. The smallest absolute Gasteiger partial charge is 0.303 e. The van der Waals surface area contributed by atoms with Crippen LogP contribution in [0.4, 0.5) is 0 Å². The van der Waals surface area contributed by atoms with E-state index in [0.29, 0.717) is 0 Å². The van der Waals surface area contributed by atoms with Gasteiger partial charge in [-0.3, -0.25) is 4.79 Å². The second-order valence-electron chi connectivity index (χ2n) is 6.10. The van der Waals surface area contributed by atoms with Crippen LogP contribution in [0, 0.1) is 5.41 Å². The van der Waals surface area contributed by atoms with Crippen LogP contribution in [-0.4, -0.2) is 31.6 Å². The zero-order chi connectivity index (χ0) is 14.0. The van der Waals surface area contributed by atoms with Crippen molar-refractivity contribution < 1.29 is 18.3 Å². The van der Waals surface area contributed by atoms with Crippen molar-refractivity contribution in [2.24, 2.45) is 5.41 Å². The van der Waals surface area contributed by atoms with Crippen molar-refractivity contribution in [1.29, 1.82) is 0 Å². The van der Waals surface area contributed by atoms with Crippen molar-refractivity contribution in [2.75, 3.05) is 6.54 Å². The van der Waals surface area contributed by atoms with E-state index in [0.717, 1.165) is 19.3 Å². The molecule has 0 aromatic rings. The van der Waals surface area contributed by atoms with Gasteiger partial charge in [-0.25, -0.2) is 4.72 Å². The van der Waals surface area contributed by atoms with Crippen LogP contribution >= 0.6 is 0 Å². The quantitative estimate of drug-likeness (QED) is 0.671. The largest absolute Gasteiger partial charge is 0.481 e. The zero-order valence-corrected chi connectivity index (χ0v) is 11.9. The van der Waals surface area contributed by atoms with Crippen LogP contribution in [0.1, 0.15) is 46.5 Å². The molecule has 1 aliphatic carbocycles. The lowest BCUT2D eigenvalue weighted by Gasteiger charge is -2.41. The molecular formula is C11H22N2O4S. The van der Waals surface area contributed by atoms with Gasteiger partial charge < -0.3 is 5.11 Å². The third kappa shape index (κ3) is 4.91. The molecule has 0 saturated heterocycles. The number of rotatable bonds is 6. The van der Waals surface area contributed by atoms with E-state index in [4.69, 9.17) is 5.11 Å². The average Bonchev–Trinajstić information content (AvgIpc) is 2.04. The lowest BCUT2D eigenvalue weighted by atomic mass is 9.67. The van der Waals surface area contributed by atoms with Gasteiger partial charge in [-0.15, -0.1) is 0 Å². The minimum atomic E-state index is -3.58. The summed E-state index contributed by atoms with van der Waals surface area (Å²) in [6, 6.07) is 0. The maximum Gasteiger partial charge on any atom is 0.303 e. The van der Waals surface area contributed by atoms with Gasteiger partial charge in [0.1, 0.15) is 0 Å². The minimum absolute atomic E-state index is 0.0189. The molecule has 1 aliphatic rings. The van der Waals surface area contributed by atoms with Crippen LogP contribution in [0.15, 0.2) is 0 Å². The summed E-state index contributed by atoms with van der Waals surface area (Å²) in [6.07, 6.45) is 2.50. The highest BCUT2D eigenvalue weighted by Crippen LogP contribution is 2.43. The van der Waals surface area contributed by atoms with Gasteiger partial charge >= 0.3 is 5.97 Å². The Kier molecular flexibility index (Phi) is 4.40. The van der Waals surface area contributed by atoms with E-state index >= 15 is 0 Å². The molecule has 0 aliphatic heterocycles. The molecule has 1 rings (SSSR count). The van der Waals surface area contributed by atoms with Crippen LogP contribution < -0.4 is 9.44 Å². The normalized spacial score (nSPS) is 19.3. The maximum absolute atomic E-state index is 11.7. The predicted molar refractivity (Wildman–Crippen MR) is 68.3 cm³/mol. The molecule has 18 heavy (non-hydrogen) atoms. The average molecular weight is 278 g/mol. The van der Waals surface area contributed by atoms with Crippen LogP contribution in [0.5, 0.6) is 0 Å². The Morgan fingerprint density at radius 1 is 1.33 bits per heavy atom. The van der Waals surface area contributed by atoms with Crippen molar-refractivity contribution in [1.82, 2.24) is 9.44 Å². The van der Waals surface area contributed by atoms with Gasteiger partial charge in [0, 0.05) is 12.1 Å². The van der Waals surface area contributed by atoms with E-state index in [-0.39, 0.29) is 13.0 Å². The second kappa shape index (κ2) is 5.14. The topological polar surface area (TPSA) is 95.5 Å². The zero-order valence-electron chi connectivity index (χ0n) is 11.1. The first kappa shape index (κ1) is 15.4. The molecule has 0 unspecified atom stereocenters. The van der Waals surface area contributed by atoms with Crippen molar-refractivity contribution >= 4 is 16.2 Å². The Morgan fingerprint density at radius 3 is 2.22 bits per heavy atom. The molecule has 3 N–H and O–H groups in total. The van der Waals surface area contributed by atoms with E-state index < -0.39 is 27.1 Å². The summed E-state index contributed by atoms with van der Waals surface area (Å²) in [4.78, 5) is 10.8. The van der Waals surface area contributed by atoms with Gasteiger partial charge in [-0.05, 0) is 39.0 Å². The van der Waals surface area contributed by atoms with E-state index in [1.165, 1.54) is 0 Å². The molecule has 1 fully saturated rings.